The zero-order chi connectivity index (χ0) is 11.5. The van der Waals surface area contributed by atoms with Gasteiger partial charge in [0, 0.05) is 6.07 Å². The summed E-state index contributed by atoms with van der Waals surface area (Å²) in [7, 11) is 0. The molecule has 0 aliphatic rings. The van der Waals surface area contributed by atoms with Gasteiger partial charge in [0.25, 0.3) is 0 Å². The molecule has 0 aliphatic heterocycles. The molecule has 2 rings (SSSR count). The van der Waals surface area contributed by atoms with E-state index in [1.807, 2.05) is 0 Å². The lowest BCUT2D eigenvalue weighted by Gasteiger charge is -2.13. The van der Waals surface area contributed by atoms with E-state index in [4.69, 9.17) is 5.84 Å². The summed E-state index contributed by atoms with van der Waals surface area (Å²) in [5.41, 5.74) is 2.87. The van der Waals surface area contributed by atoms with E-state index in [2.05, 4.69) is 15.0 Å². The number of hydrazine groups is 1. The van der Waals surface area contributed by atoms with E-state index in [1.54, 1.807) is 0 Å². The average molecular weight is 242 g/mol. The van der Waals surface area contributed by atoms with Crippen LogP contribution in [0.25, 0.3) is 0 Å². The largest absolute Gasteiger partial charge is 0.271 e. The summed E-state index contributed by atoms with van der Waals surface area (Å²) >= 11 is 1.11. The molecule has 1 heterocycles. The molecule has 0 amide bonds. The van der Waals surface area contributed by atoms with E-state index in [-0.39, 0.29) is 0 Å². The molecule has 1 aromatic carbocycles. The molecule has 16 heavy (non-hydrogen) atoms. The molecule has 0 bridgehead atoms. The second kappa shape index (κ2) is 4.60. The van der Waals surface area contributed by atoms with Crippen molar-refractivity contribution in [2.45, 2.75) is 6.04 Å². The summed E-state index contributed by atoms with van der Waals surface area (Å²) < 4.78 is 29.7. The summed E-state index contributed by atoms with van der Waals surface area (Å²) in [4.78, 5) is 0.688. The van der Waals surface area contributed by atoms with Crippen LogP contribution in [0.15, 0.2) is 24.4 Å². The van der Waals surface area contributed by atoms with Crippen LogP contribution in [0.4, 0.5) is 8.78 Å². The maximum absolute atomic E-state index is 13.0. The molecule has 0 saturated heterocycles. The fourth-order valence-corrected chi connectivity index (χ4v) is 1.98. The quantitative estimate of drug-likeness (QED) is 0.630. The summed E-state index contributed by atoms with van der Waals surface area (Å²) in [6.07, 6.45) is 1.50. The molecule has 1 aromatic heterocycles. The van der Waals surface area contributed by atoms with Gasteiger partial charge in [-0.1, -0.05) is 4.49 Å². The van der Waals surface area contributed by atoms with Crippen molar-refractivity contribution >= 4 is 11.5 Å². The van der Waals surface area contributed by atoms with Crippen molar-refractivity contribution in [3.8, 4) is 0 Å². The first-order valence-electron chi connectivity index (χ1n) is 4.40. The third kappa shape index (κ3) is 2.21. The van der Waals surface area contributed by atoms with Crippen LogP contribution in [0.1, 0.15) is 16.5 Å². The average Bonchev–Trinajstić information content (AvgIpc) is 2.70. The van der Waals surface area contributed by atoms with Gasteiger partial charge in [0.2, 0.25) is 0 Å². The van der Waals surface area contributed by atoms with Gasteiger partial charge in [0.15, 0.2) is 0 Å². The zero-order valence-corrected chi connectivity index (χ0v) is 8.84. The van der Waals surface area contributed by atoms with Gasteiger partial charge in [-0.3, -0.25) is 5.84 Å². The molecule has 1 atom stereocenters. The monoisotopic (exact) mass is 242 g/mol. The molecular formula is C9H8F2N4S. The van der Waals surface area contributed by atoms with Gasteiger partial charge in [0.1, 0.15) is 11.6 Å². The number of halogens is 2. The third-order valence-corrected chi connectivity index (χ3v) is 2.78. The lowest BCUT2D eigenvalue weighted by atomic mass is 10.1. The highest BCUT2D eigenvalue weighted by Gasteiger charge is 2.16. The molecule has 7 heteroatoms. The van der Waals surface area contributed by atoms with E-state index in [1.165, 1.54) is 18.3 Å². The maximum Gasteiger partial charge on any atom is 0.126 e. The van der Waals surface area contributed by atoms with Crippen LogP contribution < -0.4 is 11.3 Å². The van der Waals surface area contributed by atoms with Gasteiger partial charge in [0.05, 0.1) is 17.1 Å². The van der Waals surface area contributed by atoms with Crippen LogP contribution in [0.3, 0.4) is 0 Å². The Morgan fingerprint density at radius 1 is 1.25 bits per heavy atom. The Kier molecular flexibility index (Phi) is 3.18. The number of rotatable bonds is 3. The summed E-state index contributed by atoms with van der Waals surface area (Å²) in [5.74, 6) is 4.06. The second-order valence-electron chi connectivity index (χ2n) is 3.12. The lowest BCUT2D eigenvalue weighted by Crippen LogP contribution is -2.28. The molecule has 2 aromatic rings. The molecule has 0 radical (unpaired) electrons. The highest BCUT2D eigenvalue weighted by Crippen LogP contribution is 2.24. The highest BCUT2D eigenvalue weighted by molar-refractivity contribution is 7.05. The highest BCUT2D eigenvalue weighted by atomic mass is 32.1. The third-order valence-electron chi connectivity index (χ3n) is 2.05. The second-order valence-corrected chi connectivity index (χ2v) is 3.94. The van der Waals surface area contributed by atoms with Crippen molar-refractivity contribution in [1.82, 2.24) is 15.0 Å². The fourth-order valence-electron chi connectivity index (χ4n) is 1.39. The van der Waals surface area contributed by atoms with Crippen LogP contribution in [0, 0.1) is 11.6 Å². The Morgan fingerprint density at radius 2 is 1.94 bits per heavy atom. The maximum atomic E-state index is 13.0. The lowest BCUT2D eigenvalue weighted by molar-refractivity contribution is 0.567. The van der Waals surface area contributed by atoms with Gasteiger partial charge >= 0.3 is 0 Å². The van der Waals surface area contributed by atoms with Gasteiger partial charge in [-0.2, -0.15) is 0 Å². The topological polar surface area (TPSA) is 63.8 Å². The van der Waals surface area contributed by atoms with Crippen molar-refractivity contribution in [2.75, 3.05) is 0 Å². The summed E-state index contributed by atoms with van der Waals surface area (Å²) in [6, 6.07) is 2.73. The standard InChI is InChI=1S/C9H8F2N4S/c10-6-1-5(2-7(11)3-6)9(14-12)8-4-13-15-16-8/h1-4,9,14H,12H2. The number of nitrogens with two attached hydrogens (primary N) is 1. The number of hydrogen-bond acceptors (Lipinski definition) is 5. The van der Waals surface area contributed by atoms with Crippen LogP contribution in [0.5, 0.6) is 0 Å². The number of nitrogens with one attached hydrogen (secondary N) is 1. The predicted octanol–water partition coefficient (Wildman–Crippen LogP) is 1.37. The number of benzene rings is 1. The molecule has 0 saturated carbocycles. The van der Waals surface area contributed by atoms with E-state index in [0.717, 1.165) is 17.6 Å². The minimum absolute atomic E-state index is 0.394. The molecular weight excluding hydrogens is 234 g/mol. The minimum Gasteiger partial charge on any atom is -0.271 e. The summed E-state index contributed by atoms with van der Waals surface area (Å²) in [5, 5.41) is 3.65. The normalized spacial score (nSPS) is 12.7. The Bertz CT molecular complexity index is 454. The van der Waals surface area contributed by atoms with Crippen LogP contribution in [0.2, 0.25) is 0 Å². The Morgan fingerprint density at radius 3 is 2.44 bits per heavy atom. The first-order chi connectivity index (χ1) is 7.70. The zero-order valence-electron chi connectivity index (χ0n) is 8.02. The Labute approximate surface area is 94.2 Å². The first-order valence-corrected chi connectivity index (χ1v) is 5.17. The van der Waals surface area contributed by atoms with Crippen molar-refractivity contribution in [3.63, 3.8) is 0 Å². The SMILES string of the molecule is NNC(c1cc(F)cc(F)c1)c1cnns1. The molecule has 0 fully saturated rings. The fraction of sp³-hybridized carbons (Fsp3) is 0.111. The van der Waals surface area contributed by atoms with Crippen molar-refractivity contribution < 1.29 is 8.78 Å². The van der Waals surface area contributed by atoms with Crippen molar-refractivity contribution in [3.05, 3.63) is 46.5 Å². The van der Waals surface area contributed by atoms with Crippen LogP contribution >= 0.6 is 11.5 Å². The van der Waals surface area contributed by atoms with Gasteiger partial charge in [-0.05, 0) is 29.2 Å². The van der Waals surface area contributed by atoms with Crippen LogP contribution in [-0.4, -0.2) is 9.59 Å². The Balaban J connectivity index is 2.41. The first kappa shape index (κ1) is 11.1. The van der Waals surface area contributed by atoms with Gasteiger partial charge in [-0.25, -0.2) is 14.2 Å². The molecule has 1 unspecified atom stereocenters. The smallest absolute Gasteiger partial charge is 0.126 e. The van der Waals surface area contributed by atoms with E-state index >= 15 is 0 Å². The van der Waals surface area contributed by atoms with E-state index in [0.29, 0.717) is 10.4 Å². The van der Waals surface area contributed by atoms with E-state index in [9.17, 15) is 8.78 Å². The Hall–Kier alpha value is -1.44. The predicted molar refractivity (Wildman–Crippen MR) is 55.4 cm³/mol. The molecule has 84 valence electrons. The number of hydrogen-bond donors (Lipinski definition) is 2. The molecule has 0 spiro atoms. The van der Waals surface area contributed by atoms with E-state index < -0.39 is 17.7 Å². The van der Waals surface area contributed by atoms with Crippen molar-refractivity contribution in [2.24, 2.45) is 5.84 Å². The molecule has 3 N–H and O–H groups in total. The van der Waals surface area contributed by atoms with Crippen molar-refractivity contribution in [1.29, 1.82) is 0 Å². The number of nitrogens with zero attached hydrogens (tertiary/aromatic N) is 2. The van der Waals surface area contributed by atoms with Crippen LogP contribution in [-0.2, 0) is 0 Å². The van der Waals surface area contributed by atoms with Gasteiger partial charge < -0.3 is 0 Å². The number of aromatic nitrogens is 2. The summed E-state index contributed by atoms with van der Waals surface area (Å²) in [6.45, 7) is 0. The minimum atomic E-state index is -0.646. The molecule has 4 nitrogen and oxygen atoms in total. The molecule has 0 aliphatic carbocycles. The van der Waals surface area contributed by atoms with Gasteiger partial charge in [-0.15, -0.1) is 5.10 Å².